The van der Waals surface area contributed by atoms with Crippen LogP contribution in [0.3, 0.4) is 0 Å². The van der Waals surface area contributed by atoms with Gasteiger partial charge in [0.2, 0.25) is 0 Å². The van der Waals surface area contributed by atoms with Crippen molar-refractivity contribution < 1.29 is 9.53 Å². The molecule has 2 aromatic rings. The van der Waals surface area contributed by atoms with Crippen LogP contribution in [-0.4, -0.2) is 35.5 Å². The Morgan fingerprint density at radius 1 is 1.24 bits per heavy atom. The van der Waals surface area contributed by atoms with Gasteiger partial charge in [0.1, 0.15) is 11.6 Å². The lowest BCUT2D eigenvalue weighted by molar-refractivity contribution is 0.0745. The fourth-order valence-electron chi connectivity index (χ4n) is 3.26. The zero-order valence-corrected chi connectivity index (χ0v) is 14.5. The summed E-state index contributed by atoms with van der Waals surface area (Å²) in [4.78, 5) is 19.2. The van der Waals surface area contributed by atoms with Gasteiger partial charge in [0.15, 0.2) is 0 Å². The molecule has 1 aliphatic heterocycles. The highest BCUT2D eigenvalue weighted by molar-refractivity contribution is 5.94. The lowest BCUT2D eigenvalue weighted by Gasteiger charge is -2.21. The molecule has 2 aliphatic rings. The molecule has 1 aromatic carbocycles. The molecule has 0 radical (unpaired) electrons. The van der Waals surface area contributed by atoms with Gasteiger partial charge >= 0.3 is 0 Å². The molecular weight excluding hydrogens is 314 g/mol. The summed E-state index contributed by atoms with van der Waals surface area (Å²) >= 11 is 0. The minimum Gasteiger partial charge on any atom is -0.497 e. The number of aryl methyl sites for hydroxylation is 1. The molecule has 0 unspecified atom stereocenters. The first kappa shape index (κ1) is 15.9. The number of carbonyl (C=O) groups is 1. The number of aromatic nitrogens is 1. The van der Waals surface area contributed by atoms with E-state index in [1.54, 1.807) is 13.3 Å². The minimum atomic E-state index is 0.0501. The van der Waals surface area contributed by atoms with Crippen molar-refractivity contribution in [3.05, 3.63) is 53.2 Å². The molecule has 4 rings (SSSR count). The van der Waals surface area contributed by atoms with Crippen LogP contribution in [0.2, 0.25) is 0 Å². The van der Waals surface area contributed by atoms with Crippen LogP contribution in [0.4, 0.5) is 5.82 Å². The van der Waals surface area contributed by atoms with E-state index in [0.29, 0.717) is 18.2 Å². The number of rotatable bonds is 4. The molecule has 1 aliphatic carbocycles. The van der Waals surface area contributed by atoms with Gasteiger partial charge in [-0.2, -0.15) is 0 Å². The summed E-state index contributed by atoms with van der Waals surface area (Å²) in [5, 5.41) is 3.35. The van der Waals surface area contributed by atoms with Crippen molar-refractivity contribution in [1.82, 2.24) is 9.88 Å². The third-order valence-electron chi connectivity index (χ3n) is 4.88. The van der Waals surface area contributed by atoms with Crippen LogP contribution in [0.15, 0.2) is 36.5 Å². The lowest BCUT2D eigenvalue weighted by atomic mass is 10.0. The maximum atomic E-state index is 12.9. The number of hydrogen-bond acceptors (Lipinski definition) is 4. The molecule has 1 N–H and O–H groups in total. The summed E-state index contributed by atoms with van der Waals surface area (Å²) in [6, 6.07) is 10.5. The predicted molar refractivity (Wildman–Crippen MR) is 96.9 cm³/mol. The van der Waals surface area contributed by atoms with Gasteiger partial charge in [0.05, 0.1) is 12.7 Å². The smallest absolute Gasteiger partial charge is 0.255 e. The molecule has 1 saturated carbocycles. The van der Waals surface area contributed by atoms with Gasteiger partial charge in [-0.05, 0) is 61.1 Å². The zero-order valence-electron chi connectivity index (χ0n) is 14.5. The molecule has 130 valence electrons. The Morgan fingerprint density at radius 3 is 2.84 bits per heavy atom. The first-order valence-corrected chi connectivity index (χ1v) is 8.90. The van der Waals surface area contributed by atoms with Crippen molar-refractivity contribution in [3.8, 4) is 5.75 Å². The van der Waals surface area contributed by atoms with E-state index in [1.807, 2.05) is 23.1 Å². The number of benzene rings is 1. The molecule has 1 amide bonds. The number of pyridine rings is 1. The summed E-state index contributed by atoms with van der Waals surface area (Å²) in [7, 11) is 1.68. The number of nitrogens with zero attached hydrogens (tertiary/aromatic N) is 2. The van der Waals surface area contributed by atoms with E-state index in [2.05, 4.69) is 22.4 Å². The second-order valence-electron chi connectivity index (χ2n) is 6.82. The first-order chi connectivity index (χ1) is 12.2. The van der Waals surface area contributed by atoms with Gasteiger partial charge in [-0.25, -0.2) is 4.98 Å². The van der Waals surface area contributed by atoms with E-state index in [0.717, 1.165) is 31.0 Å². The van der Waals surface area contributed by atoms with Crippen molar-refractivity contribution in [2.75, 3.05) is 19.0 Å². The Hall–Kier alpha value is -2.56. The van der Waals surface area contributed by atoms with E-state index in [4.69, 9.17) is 4.74 Å². The van der Waals surface area contributed by atoms with E-state index in [9.17, 15) is 4.79 Å². The average molecular weight is 337 g/mol. The third-order valence-corrected chi connectivity index (χ3v) is 4.88. The third kappa shape index (κ3) is 3.60. The number of fused-ring (bicyclic) bond motifs is 1. The number of nitrogens with one attached hydrogen (secondary N) is 1. The maximum absolute atomic E-state index is 12.9. The quantitative estimate of drug-likeness (QED) is 0.930. The van der Waals surface area contributed by atoms with Crippen molar-refractivity contribution in [2.24, 2.45) is 0 Å². The summed E-state index contributed by atoms with van der Waals surface area (Å²) in [6.07, 6.45) is 6.03. The Morgan fingerprint density at radius 2 is 2.12 bits per heavy atom. The van der Waals surface area contributed by atoms with Gasteiger partial charge in [-0.1, -0.05) is 6.07 Å². The lowest BCUT2D eigenvalue weighted by Crippen LogP contribution is -2.30. The highest BCUT2D eigenvalue weighted by Gasteiger charge is 2.23. The minimum absolute atomic E-state index is 0.0501. The molecule has 0 spiro atoms. The van der Waals surface area contributed by atoms with E-state index in [-0.39, 0.29) is 5.91 Å². The zero-order chi connectivity index (χ0) is 17.2. The highest BCUT2D eigenvalue weighted by atomic mass is 16.5. The molecule has 0 saturated heterocycles. The van der Waals surface area contributed by atoms with E-state index < -0.39 is 0 Å². The summed E-state index contributed by atoms with van der Waals surface area (Å²) in [5.74, 6) is 1.78. The Bertz CT molecular complexity index is 769. The molecule has 0 atom stereocenters. The van der Waals surface area contributed by atoms with Gasteiger partial charge in [0.25, 0.3) is 5.91 Å². The Kier molecular flexibility index (Phi) is 4.30. The van der Waals surface area contributed by atoms with Crippen molar-refractivity contribution in [1.29, 1.82) is 0 Å². The number of methoxy groups -OCH3 is 1. The summed E-state index contributed by atoms with van der Waals surface area (Å²) in [6.45, 7) is 1.40. The number of anilines is 1. The fraction of sp³-hybridized carbons (Fsp3) is 0.400. The van der Waals surface area contributed by atoms with Crippen LogP contribution >= 0.6 is 0 Å². The van der Waals surface area contributed by atoms with Crippen molar-refractivity contribution in [3.63, 3.8) is 0 Å². The van der Waals surface area contributed by atoms with Gasteiger partial charge in [-0.15, -0.1) is 0 Å². The SMILES string of the molecule is COc1ccc2c(c1)CCCN(C(=O)c1ccc(NC3CC3)nc1)C2. The normalized spacial score (nSPS) is 16.8. The topological polar surface area (TPSA) is 54.5 Å². The molecule has 5 nitrogen and oxygen atoms in total. The maximum Gasteiger partial charge on any atom is 0.255 e. The number of amides is 1. The monoisotopic (exact) mass is 337 g/mol. The highest BCUT2D eigenvalue weighted by Crippen LogP contribution is 2.25. The molecule has 1 aromatic heterocycles. The number of carbonyl (C=O) groups excluding carboxylic acids is 1. The fourth-order valence-corrected chi connectivity index (χ4v) is 3.26. The standard InChI is InChI=1S/C20H23N3O2/c1-25-18-8-4-16-13-23(10-2-3-14(16)11-18)20(24)15-5-9-19(21-12-15)22-17-6-7-17/h4-5,8-9,11-12,17H,2-3,6-7,10,13H2,1H3,(H,21,22). The van der Waals surface area contributed by atoms with Crippen LogP contribution in [0, 0.1) is 0 Å². The number of ether oxygens (including phenoxy) is 1. The molecular formula is C20H23N3O2. The second kappa shape index (κ2) is 6.75. The predicted octanol–water partition coefficient (Wildman–Crippen LogP) is 3.25. The largest absolute Gasteiger partial charge is 0.497 e. The van der Waals surface area contributed by atoms with Gasteiger partial charge in [0, 0.05) is 25.3 Å². The molecule has 0 bridgehead atoms. The van der Waals surface area contributed by atoms with Crippen LogP contribution < -0.4 is 10.1 Å². The molecule has 5 heteroatoms. The van der Waals surface area contributed by atoms with Gasteiger partial charge < -0.3 is 15.0 Å². The van der Waals surface area contributed by atoms with Crippen molar-refractivity contribution in [2.45, 2.75) is 38.3 Å². The Labute approximate surface area is 148 Å². The van der Waals surface area contributed by atoms with Crippen LogP contribution in [0.5, 0.6) is 5.75 Å². The van der Waals surface area contributed by atoms with Crippen LogP contribution in [0.1, 0.15) is 40.7 Å². The van der Waals surface area contributed by atoms with E-state index >= 15 is 0 Å². The summed E-state index contributed by atoms with van der Waals surface area (Å²) in [5.41, 5.74) is 3.13. The van der Waals surface area contributed by atoms with Crippen molar-refractivity contribution >= 4 is 11.7 Å². The molecule has 2 heterocycles. The second-order valence-corrected chi connectivity index (χ2v) is 6.82. The van der Waals surface area contributed by atoms with E-state index in [1.165, 1.54) is 24.0 Å². The van der Waals surface area contributed by atoms with Gasteiger partial charge in [-0.3, -0.25) is 4.79 Å². The first-order valence-electron chi connectivity index (χ1n) is 8.90. The summed E-state index contributed by atoms with van der Waals surface area (Å²) < 4.78 is 5.31. The molecule has 25 heavy (non-hydrogen) atoms. The average Bonchev–Trinajstić information content (AvgIpc) is 3.47. The Balaban J connectivity index is 1.49. The van der Waals surface area contributed by atoms with Crippen LogP contribution in [0.25, 0.3) is 0 Å². The molecule has 1 fully saturated rings. The van der Waals surface area contributed by atoms with Crippen LogP contribution in [-0.2, 0) is 13.0 Å². The number of hydrogen-bond donors (Lipinski definition) is 1.